The molecule has 0 saturated carbocycles. The number of carbonyl (C=O) groups is 1. The van der Waals surface area contributed by atoms with Crippen LogP contribution >= 0.6 is 0 Å². The van der Waals surface area contributed by atoms with Crippen molar-refractivity contribution in [2.75, 3.05) is 0 Å². The van der Waals surface area contributed by atoms with Crippen molar-refractivity contribution in [2.45, 2.75) is 19.3 Å². The molecule has 0 aromatic rings. The van der Waals surface area contributed by atoms with Gasteiger partial charge in [-0.3, -0.25) is 4.79 Å². The van der Waals surface area contributed by atoms with Crippen LogP contribution in [0.5, 0.6) is 0 Å². The second kappa shape index (κ2) is 4.09. The van der Waals surface area contributed by atoms with E-state index in [9.17, 15) is 4.79 Å². The first kappa shape index (κ1) is 9.21. The molecule has 1 N–H and O–H groups in total. The van der Waals surface area contributed by atoms with Crippen LogP contribution in [0.4, 0.5) is 0 Å². The van der Waals surface area contributed by atoms with E-state index in [1.165, 1.54) is 5.57 Å². The van der Waals surface area contributed by atoms with Crippen LogP contribution in [0.2, 0.25) is 0 Å². The van der Waals surface area contributed by atoms with Crippen molar-refractivity contribution in [3.63, 3.8) is 0 Å². The summed E-state index contributed by atoms with van der Waals surface area (Å²) < 4.78 is 0. The summed E-state index contributed by atoms with van der Waals surface area (Å²) in [5, 5.41) is 8.16. The Morgan fingerprint density at radius 1 is 1.78 bits per heavy atom. The molecule has 9 heavy (non-hydrogen) atoms. The number of allylic oxidation sites excluding steroid dienone is 2. The van der Waals surface area contributed by atoms with Gasteiger partial charge in [0.15, 0.2) is 0 Å². The average molecular weight is 136 g/mol. The summed E-state index contributed by atoms with van der Waals surface area (Å²) in [6, 6.07) is 0. The minimum atomic E-state index is -0.696. The monoisotopic (exact) mass is 136 g/mol. The Morgan fingerprint density at radius 3 is 2.67 bits per heavy atom. The molecule has 0 fully saturated rings. The third-order valence-corrected chi connectivity index (χ3v) is 1.15. The van der Waals surface area contributed by atoms with Crippen LogP contribution in [0, 0.1) is 0 Å². The summed E-state index contributed by atoms with van der Waals surface area (Å²) in [4.78, 5) is 9.90. The Labute approximate surface area is 76.2 Å². The fourth-order valence-electron chi connectivity index (χ4n) is 0.544. The molecule has 0 radical (unpaired) electrons. The molecule has 0 aliphatic heterocycles. The minimum absolute atomic E-state index is 0. The second-order valence-corrected chi connectivity index (χ2v) is 1.96. The molecular weight excluding hydrogens is 127 g/mol. The van der Waals surface area contributed by atoms with Crippen LogP contribution < -0.4 is 0 Å². The van der Waals surface area contributed by atoms with Gasteiger partial charge in [-0.05, 0) is 12.8 Å². The summed E-state index contributed by atoms with van der Waals surface area (Å²) in [6.07, 6.45) is 4.16. The first-order valence-corrected chi connectivity index (χ1v) is 2.69. The van der Waals surface area contributed by atoms with E-state index < -0.39 is 5.97 Å². The number of aliphatic carboxylic acids is 1. The number of hydrogen-bond donors (Lipinski definition) is 1. The molecule has 0 aromatic heterocycles. The van der Waals surface area contributed by atoms with Crippen LogP contribution in [0.25, 0.3) is 0 Å². The summed E-state index contributed by atoms with van der Waals surface area (Å²) in [7, 11) is 0. The van der Waals surface area contributed by atoms with Gasteiger partial charge in [0, 0.05) is 6.42 Å². The molecule has 1 rings (SSSR count). The van der Waals surface area contributed by atoms with Crippen molar-refractivity contribution >= 4 is 35.5 Å². The maximum absolute atomic E-state index is 9.90. The van der Waals surface area contributed by atoms with Gasteiger partial charge in [0.25, 0.3) is 0 Å². The second-order valence-electron chi connectivity index (χ2n) is 1.96. The van der Waals surface area contributed by atoms with Gasteiger partial charge >= 0.3 is 35.5 Å². The Kier molecular flexibility index (Phi) is 4.19. The van der Waals surface area contributed by atoms with Crippen molar-refractivity contribution in [2.24, 2.45) is 0 Å². The van der Waals surface area contributed by atoms with Gasteiger partial charge in [-0.2, -0.15) is 0 Å². The van der Waals surface area contributed by atoms with E-state index in [0.717, 1.165) is 12.8 Å². The van der Waals surface area contributed by atoms with E-state index in [0.29, 0.717) is 6.42 Å². The quantitative estimate of drug-likeness (QED) is 0.454. The van der Waals surface area contributed by atoms with E-state index in [2.05, 4.69) is 6.08 Å². The summed E-state index contributed by atoms with van der Waals surface area (Å²) in [6.45, 7) is 0. The molecule has 0 heterocycles. The molecule has 0 aromatic carbocycles. The zero-order valence-corrected chi connectivity index (χ0v) is 4.55. The summed E-state index contributed by atoms with van der Waals surface area (Å²) >= 11 is 0. The molecule has 1 aliphatic rings. The van der Waals surface area contributed by atoms with Crippen LogP contribution in [-0.2, 0) is 4.79 Å². The number of hydrogen-bond acceptors (Lipinski definition) is 1. The molecule has 0 bridgehead atoms. The van der Waals surface area contributed by atoms with Gasteiger partial charge < -0.3 is 5.11 Å². The number of carboxylic acids is 1. The normalized spacial score (nSPS) is 13.6. The first-order valence-electron chi connectivity index (χ1n) is 2.69. The van der Waals surface area contributed by atoms with E-state index in [4.69, 9.17) is 5.11 Å². The molecule has 0 unspecified atom stereocenters. The van der Waals surface area contributed by atoms with Gasteiger partial charge in [-0.15, -0.1) is 0 Å². The van der Waals surface area contributed by atoms with Gasteiger partial charge in [0.1, 0.15) is 0 Å². The fraction of sp³-hybridized carbons (Fsp3) is 0.500. The van der Waals surface area contributed by atoms with E-state index in [-0.39, 0.29) is 29.6 Å². The molecule has 2 nitrogen and oxygen atoms in total. The average Bonchev–Trinajstić information content (AvgIpc) is 2.41. The topological polar surface area (TPSA) is 37.3 Å². The zero-order valence-electron chi connectivity index (χ0n) is 4.55. The SMILES string of the molecule is O=C(O)CCC1=CC1.[NaH]. The molecule has 46 valence electrons. The summed E-state index contributed by atoms with van der Waals surface area (Å²) in [5.74, 6) is -0.696. The van der Waals surface area contributed by atoms with Crippen molar-refractivity contribution < 1.29 is 9.90 Å². The van der Waals surface area contributed by atoms with E-state index in [1.807, 2.05) is 0 Å². The molecule has 0 amide bonds. The van der Waals surface area contributed by atoms with E-state index in [1.54, 1.807) is 0 Å². The van der Waals surface area contributed by atoms with Gasteiger partial charge in [-0.1, -0.05) is 11.6 Å². The van der Waals surface area contributed by atoms with Crippen molar-refractivity contribution in [3.05, 3.63) is 11.6 Å². The fourth-order valence-corrected chi connectivity index (χ4v) is 0.544. The Bertz CT molecular complexity index is 138. The number of rotatable bonds is 3. The number of carboxylic acid groups (broad SMARTS) is 1. The van der Waals surface area contributed by atoms with Crippen molar-refractivity contribution in [1.29, 1.82) is 0 Å². The third kappa shape index (κ3) is 4.70. The molecule has 1 aliphatic carbocycles. The Balaban J connectivity index is 0.000000640. The molecule has 0 spiro atoms. The Morgan fingerprint density at radius 2 is 2.33 bits per heavy atom. The molecule has 0 atom stereocenters. The van der Waals surface area contributed by atoms with Crippen molar-refractivity contribution in [1.82, 2.24) is 0 Å². The predicted octanol–water partition coefficient (Wildman–Crippen LogP) is 0.533. The third-order valence-electron chi connectivity index (χ3n) is 1.15. The predicted molar refractivity (Wildman–Crippen MR) is 36.7 cm³/mol. The summed E-state index contributed by atoms with van der Waals surface area (Å²) in [5.41, 5.74) is 1.30. The maximum atomic E-state index is 9.90. The van der Waals surface area contributed by atoms with Crippen LogP contribution in [0.15, 0.2) is 11.6 Å². The molecule has 0 saturated heterocycles. The van der Waals surface area contributed by atoms with Crippen LogP contribution in [0.3, 0.4) is 0 Å². The van der Waals surface area contributed by atoms with Gasteiger partial charge in [0.05, 0.1) is 0 Å². The molecular formula is C6H9NaO2. The van der Waals surface area contributed by atoms with Gasteiger partial charge in [-0.25, -0.2) is 0 Å². The zero-order chi connectivity index (χ0) is 5.98. The van der Waals surface area contributed by atoms with Crippen LogP contribution in [-0.4, -0.2) is 40.6 Å². The van der Waals surface area contributed by atoms with E-state index >= 15 is 0 Å². The van der Waals surface area contributed by atoms with Gasteiger partial charge in [0.2, 0.25) is 0 Å². The van der Waals surface area contributed by atoms with Crippen molar-refractivity contribution in [3.8, 4) is 0 Å². The Hall–Kier alpha value is 0.210. The van der Waals surface area contributed by atoms with Crippen LogP contribution in [0.1, 0.15) is 19.3 Å². The molecule has 3 heteroatoms. The standard InChI is InChI=1S/C6H8O2.Na.H/c7-6(8)4-3-5-1-2-5;;/h1H,2-4H2,(H,7,8);;. The first-order chi connectivity index (χ1) is 3.79.